The number of hydrogen-bond donors (Lipinski definition) is 1. The van der Waals surface area contributed by atoms with Crippen molar-refractivity contribution in [3.05, 3.63) is 77.7 Å². The molecule has 0 saturated carbocycles. The van der Waals surface area contributed by atoms with E-state index in [-0.39, 0.29) is 5.91 Å². The minimum atomic E-state index is -0.0771. The van der Waals surface area contributed by atoms with E-state index in [0.29, 0.717) is 17.9 Å². The van der Waals surface area contributed by atoms with Gasteiger partial charge in [-0.25, -0.2) is 9.99 Å². The molecule has 0 radical (unpaired) electrons. The van der Waals surface area contributed by atoms with Gasteiger partial charge in [-0.3, -0.25) is 4.79 Å². The van der Waals surface area contributed by atoms with Gasteiger partial charge >= 0.3 is 0 Å². The van der Waals surface area contributed by atoms with E-state index in [2.05, 4.69) is 15.1 Å². The molecule has 5 nitrogen and oxygen atoms in total. The number of fused-ring (bicyclic) bond motifs is 1. The van der Waals surface area contributed by atoms with Gasteiger partial charge in [0, 0.05) is 5.56 Å². The second-order valence-corrected chi connectivity index (χ2v) is 5.31. The Labute approximate surface area is 133 Å². The van der Waals surface area contributed by atoms with Crippen molar-refractivity contribution in [2.75, 3.05) is 0 Å². The lowest BCUT2D eigenvalue weighted by atomic mass is 10.1. The molecule has 1 N–H and O–H groups in total. The van der Waals surface area contributed by atoms with Crippen molar-refractivity contribution < 1.29 is 4.79 Å². The van der Waals surface area contributed by atoms with Gasteiger partial charge in [-0.2, -0.15) is 5.10 Å². The Balaban J connectivity index is 1.53. The molecular weight excluding hydrogens is 288 g/mol. The number of hydrazone groups is 1. The summed E-state index contributed by atoms with van der Waals surface area (Å²) >= 11 is 0. The predicted molar refractivity (Wildman–Crippen MR) is 87.9 cm³/mol. The van der Waals surface area contributed by atoms with Gasteiger partial charge in [0.2, 0.25) is 0 Å². The first-order chi connectivity index (χ1) is 11.3. The van der Waals surface area contributed by atoms with Crippen molar-refractivity contribution in [1.82, 2.24) is 15.0 Å². The molecule has 1 aliphatic heterocycles. The molecule has 0 atom stereocenters. The molecule has 0 saturated heterocycles. The van der Waals surface area contributed by atoms with Crippen LogP contribution >= 0.6 is 0 Å². The lowest BCUT2D eigenvalue weighted by molar-refractivity contribution is 0.0784. The summed E-state index contributed by atoms with van der Waals surface area (Å²) in [4.78, 5) is 19.7. The van der Waals surface area contributed by atoms with Gasteiger partial charge in [-0.05, 0) is 17.2 Å². The summed E-state index contributed by atoms with van der Waals surface area (Å²) in [6.45, 7) is 0.498. The molecule has 23 heavy (non-hydrogen) atoms. The summed E-state index contributed by atoms with van der Waals surface area (Å²) in [6.07, 6.45) is 3.34. The summed E-state index contributed by atoms with van der Waals surface area (Å²) in [7, 11) is 0. The highest BCUT2D eigenvalue weighted by molar-refractivity contribution is 5.98. The number of carbonyl (C=O) groups is 1. The minimum Gasteiger partial charge on any atom is -0.337 e. The average Bonchev–Trinajstić information content (AvgIpc) is 3.19. The topological polar surface area (TPSA) is 61.4 Å². The second kappa shape index (κ2) is 5.53. The Morgan fingerprint density at radius 1 is 1.09 bits per heavy atom. The molecule has 5 heteroatoms. The fourth-order valence-corrected chi connectivity index (χ4v) is 2.62. The van der Waals surface area contributed by atoms with Crippen LogP contribution in [0.25, 0.3) is 11.3 Å². The van der Waals surface area contributed by atoms with Gasteiger partial charge in [0.25, 0.3) is 5.91 Å². The van der Waals surface area contributed by atoms with Crippen molar-refractivity contribution in [2.45, 2.75) is 6.54 Å². The van der Waals surface area contributed by atoms with Crippen LogP contribution in [0, 0.1) is 0 Å². The Morgan fingerprint density at radius 2 is 1.87 bits per heavy atom. The molecule has 2 aromatic carbocycles. The molecule has 2 heterocycles. The minimum absolute atomic E-state index is 0.0771. The first-order valence-corrected chi connectivity index (χ1v) is 7.35. The molecular formula is C18H14N4O. The van der Waals surface area contributed by atoms with Gasteiger partial charge in [0.1, 0.15) is 0 Å². The molecule has 0 spiro atoms. The highest BCUT2D eigenvalue weighted by atomic mass is 16.2. The lowest BCUT2D eigenvalue weighted by Crippen LogP contribution is -2.17. The average molecular weight is 302 g/mol. The molecule has 0 bridgehead atoms. The SMILES string of the molecule is O=C1c2ccccc2CN1/N=C/c1ncc(-c2ccccc2)[nH]1. The zero-order chi connectivity index (χ0) is 15.6. The third-order valence-electron chi connectivity index (χ3n) is 3.80. The van der Waals surface area contributed by atoms with Crippen LogP contribution < -0.4 is 0 Å². The summed E-state index contributed by atoms with van der Waals surface area (Å²) < 4.78 is 0. The Morgan fingerprint density at radius 3 is 2.70 bits per heavy atom. The maximum Gasteiger partial charge on any atom is 0.274 e. The van der Waals surface area contributed by atoms with Crippen LogP contribution in [0.5, 0.6) is 0 Å². The number of H-pyrrole nitrogens is 1. The van der Waals surface area contributed by atoms with Gasteiger partial charge in [-0.1, -0.05) is 48.5 Å². The van der Waals surface area contributed by atoms with Crippen molar-refractivity contribution in [2.24, 2.45) is 5.10 Å². The van der Waals surface area contributed by atoms with Crippen molar-refractivity contribution in [3.8, 4) is 11.3 Å². The molecule has 3 aromatic rings. The number of aromatic nitrogens is 2. The molecule has 0 fully saturated rings. The highest BCUT2D eigenvalue weighted by Crippen LogP contribution is 2.22. The first-order valence-electron chi connectivity index (χ1n) is 7.35. The molecule has 0 unspecified atom stereocenters. The molecule has 1 aromatic heterocycles. The predicted octanol–water partition coefficient (Wildman–Crippen LogP) is 3.07. The van der Waals surface area contributed by atoms with Gasteiger partial charge in [0.15, 0.2) is 5.82 Å². The maximum atomic E-state index is 12.2. The van der Waals surface area contributed by atoms with Gasteiger partial charge < -0.3 is 4.98 Å². The number of hydrogen-bond acceptors (Lipinski definition) is 3. The molecule has 112 valence electrons. The van der Waals surface area contributed by atoms with Crippen LogP contribution in [0.2, 0.25) is 0 Å². The summed E-state index contributed by atoms with van der Waals surface area (Å²) in [5.41, 5.74) is 3.69. The van der Waals surface area contributed by atoms with Crippen LogP contribution in [0.15, 0.2) is 65.9 Å². The quantitative estimate of drug-likeness (QED) is 0.756. The van der Waals surface area contributed by atoms with E-state index >= 15 is 0 Å². The maximum absolute atomic E-state index is 12.2. The van der Waals surface area contributed by atoms with E-state index in [4.69, 9.17) is 0 Å². The monoisotopic (exact) mass is 302 g/mol. The fourth-order valence-electron chi connectivity index (χ4n) is 2.62. The number of imidazole rings is 1. The Hall–Kier alpha value is -3.21. The summed E-state index contributed by atoms with van der Waals surface area (Å²) in [5, 5.41) is 5.71. The zero-order valence-corrected chi connectivity index (χ0v) is 12.3. The smallest absolute Gasteiger partial charge is 0.274 e. The number of benzene rings is 2. The van der Waals surface area contributed by atoms with E-state index in [9.17, 15) is 4.79 Å². The van der Waals surface area contributed by atoms with Crippen LogP contribution in [-0.2, 0) is 6.54 Å². The second-order valence-electron chi connectivity index (χ2n) is 5.31. The molecule has 4 rings (SSSR count). The highest BCUT2D eigenvalue weighted by Gasteiger charge is 2.26. The molecule has 1 aliphatic rings. The van der Waals surface area contributed by atoms with Gasteiger partial charge in [-0.15, -0.1) is 0 Å². The zero-order valence-electron chi connectivity index (χ0n) is 12.3. The van der Waals surface area contributed by atoms with E-state index in [1.54, 1.807) is 12.4 Å². The van der Waals surface area contributed by atoms with Crippen LogP contribution in [0.1, 0.15) is 21.7 Å². The number of carbonyl (C=O) groups excluding carboxylic acids is 1. The number of nitrogens with zero attached hydrogens (tertiary/aromatic N) is 3. The number of nitrogens with one attached hydrogen (secondary N) is 1. The third kappa shape index (κ3) is 2.53. The number of aromatic amines is 1. The normalized spacial score (nSPS) is 13.7. The summed E-state index contributed by atoms with van der Waals surface area (Å²) in [5.74, 6) is 0.541. The fraction of sp³-hybridized carbons (Fsp3) is 0.0556. The van der Waals surface area contributed by atoms with E-state index in [0.717, 1.165) is 16.8 Å². The van der Waals surface area contributed by atoms with Crippen molar-refractivity contribution in [1.29, 1.82) is 0 Å². The molecule has 0 aliphatic carbocycles. The molecule has 1 amide bonds. The van der Waals surface area contributed by atoms with Gasteiger partial charge in [0.05, 0.1) is 24.7 Å². The van der Waals surface area contributed by atoms with E-state index in [1.165, 1.54) is 5.01 Å². The van der Waals surface area contributed by atoms with Crippen molar-refractivity contribution in [3.63, 3.8) is 0 Å². The van der Waals surface area contributed by atoms with Crippen LogP contribution in [0.4, 0.5) is 0 Å². The number of rotatable bonds is 3. The standard InChI is InChI=1S/C18H14N4O/c23-18-15-9-5-4-8-14(15)12-22(18)20-11-17-19-10-16(21-17)13-6-2-1-3-7-13/h1-11H,12H2,(H,19,21)/b20-11+. The van der Waals surface area contributed by atoms with Crippen LogP contribution in [-0.4, -0.2) is 27.1 Å². The Kier molecular flexibility index (Phi) is 3.24. The first kappa shape index (κ1) is 13.5. The third-order valence-corrected chi connectivity index (χ3v) is 3.80. The van der Waals surface area contributed by atoms with E-state index in [1.807, 2.05) is 54.6 Å². The Bertz CT molecular complexity index is 883. The summed E-state index contributed by atoms with van der Waals surface area (Å²) in [6, 6.07) is 17.5. The van der Waals surface area contributed by atoms with E-state index < -0.39 is 0 Å². The number of amides is 1. The lowest BCUT2D eigenvalue weighted by Gasteiger charge is -2.06. The van der Waals surface area contributed by atoms with Crippen LogP contribution in [0.3, 0.4) is 0 Å². The van der Waals surface area contributed by atoms with Crippen molar-refractivity contribution >= 4 is 12.1 Å². The largest absolute Gasteiger partial charge is 0.337 e.